The quantitative estimate of drug-likeness (QED) is 0.738. The first kappa shape index (κ1) is 14.8. The molecule has 0 amide bonds. The summed E-state index contributed by atoms with van der Waals surface area (Å²) in [6, 6.07) is 6.01. The fourth-order valence-electron chi connectivity index (χ4n) is 2.42. The Morgan fingerprint density at radius 1 is 1.30 bits per heavy atom. The second kappa shape index (κ2) is 7.85. The summed E-state index contributed by atoms with van der Waals surface area (Å²) in [4.78, 5) is 20.4. The molecule has 0 N–H and O–H groups in total. The van der Waals surface area contributed by atoms with Gasteiger partial charge >= 0.3 is 5.97 Å². The van der Waals surface area contributed by atoms with Crippen molar-refractivity contribution in [3.63, 3.8) is 0 Å². The van der Waals surface area contributed by atoms with E-state index in [9.17, 15) is 4.79 Å². The van der Waals surface area contributed by atoms with Crippen molar-refractivity contribution < 1.29 is 9.53 Å². The molecule has 0 aromatic carbocycles. The van der Waals surface area contributed by atoms with Crippen molar-refractivity contribution in [1.29, 1.82) is 0 Å². The molecule has 1 saturated heterocycles. The Balaban J connectivity index is 1.66. The van der Waals surface area contributed by atoms with Gasteiger partial charge in [-0.15, -0.1) is 0 Å². The number of ether oxygens (including phenoxy) is 1. The zero-order valence-corrected chi connectivity index (χ0v) is 12.1. The molecular formula is C15H23N3O2. The zero-order valence-electron chi connectivity index (χ0n) is 12.1. The minimum absolute atomic E-state index is 0.0837. The van der Waals surface area contributed by atoms with Crippen LogP contribution >= 0.6 is 0 Å². The van der Waals surface area contributed by atoms with Crippen LogP contribution in [0.15, 0.2) is 24.4 Å². The molecule has 20 heavy (non-hydrogen) atoms. The lowest BCUT2D eigenvalue weighted by Gasteiger charge is -2.35. The predicted molar refractivity (Wildman–Crippen MR) is 78.8 cm³/mol. The second-order valence-corrected chi connectivity index (χ2v) is 4.93. The van der Waals surface area contributed by atoms with Crippen molar-refractivity contribution >= 4 is 11.8 Å². The molecule has 2 rings (SSSR count). The Kier molecular flexibility index (Phi) is 5.80. The van der Waals surface area contributed by atoms with Gasteiger partial charge in [0.15, 0.2) is 0 Å². The average Bonchev–Trinajstić information content (AvgIpc) is 2.49. The van der Waals surface area contributed by atoms with Crippen LogP contribution in [0.25, 0.3) is 0 Å². The van der Waals surface area contributed by atoms with Gasteiger partial charge in [0.25, 0.3) is 0 Å². The highest BCUT2D eigenvalue weighted by Crippen LogP contribution is 2.12. The number of esters is 1. The van der Waals surface area contributed by atoms with Crippen molar-refractivity contribution in [2.75, 3.05) is 44.2 Å². The molecule has 5 nitrogen and oxygen atoms in total. The van der Waals surface area contributed by atoms with Gasteiger partial charge in [-0.05, 0) is 32.0 Å². The van der Waals surface area contributed by atoms with Crippen LogP contribution in [0.3, 0.4) is 0 Å². The van der Waals surface area contributed by atoms with Gasteiger partial charge in [0.2, 0.25) is 0 Å². The molecule has 0 unspecified atom stereocenters. The summed E-state index contributed by atoms with van der Waals surface area (Å²) in [6.07, 6.45) is 3.23. The Bertz CT molecular complexity index is 403. The van der Waals surface area contributed by atoms with Gasteiger partial charge in [0.05, 0.1) is 6.61 Å². The van der Waals surface area contributed by atoms with E-state index in [1.54, 1.807) is 0 Å². The number of anilines is 1. The Hall–Kier alpha value is -1.62. The summed E-state index contributed by atoms with van der Waals surface area (Å²) in [5.74, 6) is 0.971. The lowest BCUT2D eigenvalue weighted by Crippen LogP contribution is -2.46. The first-order chi connectivity index (χ1) is 9.79. The van der Waals surface area contributed by atoms with E-state index in [1.165, 1.54) is 0 Å². The third kappa shape index (κ3) is 4.49. The number of hydrogen-bond acceptors (Lipinski definition) is 5. The number of pyridine rings is 1. The van der Waals surface area contributed by atoms with Gasteiger partial charge in [-0.25, -0.2) is 4.98 Å². The Labute approximate surface area is 120 Å². The minimum atomic E-state index is -0.0837. The van der Waals surface area contributed by atoms with Gasteiger partial charge in [-0.1, -0.05) is 6.07 Å². The number of nitrogens with zero attached hydrogens (tertiary/aromatic N) is 3. The van der Waals surface area contributed by atoms with E-state index in [2.05, 4.69) is 20.9 Å². The largest absolute Gasteiger partial charge is 0.466 e. The van der Waals surface area contributed by atoms with E-state index in [1.807, 2.05) is 25.3 Å². The molecule has 1 aromatic rings. The summed E-state index contributed by atoms with van der Waals surface area (Å²) in [5.41, 5.74) is 0. The van der Waals surface area contributed by atoms with Crippen LogP contribution in [0.4, 0.5) is 5.82 Å². The minimum Gasteiger partial charge on any atom is -0.466 e. The van der Waals surface area contributed by atoms with E-state index < -0.39 is 0 Å². The van der Waals surface area contributed by atoms with Crippen molar-refractivity contribution in [2.45, 2.75) is 19.8 Å². The highest BCUT2D eigenvalue weighted by atomic mass is 16.5. The monoisotopic (exact) mass is 277 g/mol. The molecule has 0 radical (unpaired) electrons. The van der Waals surface area contributed by atoms with Crippen molar-refractivity contribution in [3.8, 4) is 0 Å². The van der Waals surface area contributed by atoms with Crippen LogP contribution in [-0.4, -0.2) is 55.2 Å². The maximum absolute atomic E-state index is 11.3. The smallest absolute Gasteiger partial charge is 0.305 e. The molecule has 5 heteroatoms. The number of piperazine rings is 1. The molecule has 1 aliphatic heterocycles. The van der Waals surface area contributed by atoms with E-state index in [0.717, 1.165) is 45.0 Å². The van der Waals surface area contributed by atoms with E-state index >= 15 is 0 Å². The van der Waals surface area contributed by atoms with Gasteiger partial charge < -0.3 is 9.64 Å². The molecule has 0 saturated carbocycles. The first-order valence-corrected chi connectivity index (χ1v) is 7.33. The number of aromatic nitrogens is 1. The zero-order chi connectivity index (χ0) is 14.2. The van der Waals surface area contributed by atoms with Crippen LogP contribution in [0.1, 0.15) is 19.8 Å². The maximum Gasteiger partial charge on any atom is 0.305 e. The molecule has 110 valence electrons. The van der Waals surface area contributed by atoms with Crippen LogP contribution < -0.4 is 4.90 Å². The van der Waals surface area contributed by atoms with E-state index in [-0.39, 0.29) is 5.97 Å². The molecule has 2 heterocycles. The van der Waals surface area contributed by atoms with Gasteiger partial charge in [-0.3, -0.25) is 9.69 Å². The third-order valence-electron chi connectivity index (χ3n) is 3.51. The normalized spacial score (nSPS) is 16.1. The molecule has 0 spiro atoms. The standard InChI is InChI=1S/C15H23N3O2/c1-2-20-15(19)7-5-9-17-10-12-18(13-11-17)14-6-3-4-8-16-14/h3-4,6,8H,2,5,7,9-13H2,1H3. The molecule has 1 aromatic heterocycles. The summed E-state index contributed by atoms with van der Waals surface area (Å²) in [5, 5.41) is 0. The van der Waals surface area contributed by atoms with Crippen molar-refractivity contribution in [2.24, 2.45) is 0 Å². The molecule has 0 bridgehead atoms. The maximum atomic E-state index is 11.3. The predicted octanol–water partition coefficient (Wildman–Crippen LogP) is 1.55. The van der Waals surface area contributed by atoms with E-state index in [4.69, 9.17) is 4.74 Å². The summed E-state index contributed by atoms with van der Waals surface area (Å²) in [7, 11) is 0. The van der Waals surface area contributed by atoms with Crippen LogP contribution in [0.5, 0.6) is 0 Å². The summed E-state index contributed by atoms with van der Waals surface area (Å²) < 4.78 is 4.93. The fraction of sp³-hybridized carbons (Fsp3) is 0.600. The number of carbonyl (C=O) groups is 1. The first-order valence-electron chi connectivity index (χ1n) is 7.33. The topological polar surface area (TPSA) is 45.7 Å². The van der Waals surface area contributed by atoms with Gasteiger partial charge in [-0.2, -0.15) is 0 Å². The fourth-order valence-corrected chi connectivity index (χ4v) is 2.42. The molecule has 0 aliphatic carbocycles. The summed E-state index contributed by atoms with van der Waals surface area (Å²) in [6.45, 7) is 7.33. The number of rotatable bonds is 6. The van der Waals surface area contributed by atoms with Gasteiger partial charge in [0.1, 0.15) is 5.82 Å². The molecule has 0 atom stereocenters. The van der Waals surface area contributed by atoms with Crippen LogP contribution in [0.2, 0.25) is 0 Å². The Morgan fingerprint density at radius 3 is 2.75 bits per heavy atom. The molecule has 1 fully saturated rings. The van der Waals surface area contributed by atoms with Crippen molar-refractivity contribution in [3.05, 3.63) is 24.4 Å². The van der Waals surface area contributed by atoms with Crippen molar-refractivity contribution in [1.82, 2.24) is 9.88 Å². The second-order valence-electron chi connectivity index (χ2n) is 4.93. The SMILES string of the molecule is CCOC(=O)CCCN1CCN(c2ccccn2)CC1. The third-order valence-corrected chi connectivity index (χ3v) is 3.51. The lowest BCUT2D eigenvalue weighted by molar-refractivity contribution is -0.143. The van der Waals surface area contributed by atoms with Gasteiger partial charge in [0, 0.05) is 38.8 Å². The van der Waals surface area contributed by atoms with Crippen LogP contribution in [-0.2, 0) is 9.53 Å². The molecular weight excluding hydrogens is 254 g/mol. The highest BCUT2D eigenvalue weighted by molar-refractivity contribution is 5.69. The van der Waals surface area contributed by atoms with E-state index in [0.29, 0.717) is 13.0 Å². The molecule has 1 aliphatic rings. The highest BCUT2D eigenvalue weighted by Gasteiger charge is 2.17. The average molecular weight is 277 g/mol. The summed E-state index contributed by atoms with van der Waals surface area (Å²) >= 11 is 0. The number of hydrogen-bond donors (Lipinski definition) is 0. The number of carbonyl (C=O) groups excluding carboxylic acids is 1. The Morgan fingerprint density at radius 2 is 2.10 bits per heavy atom. The van der Waals surface area contributed by atoms with Crippen LogP contribution in [0, 0.1) is 0 Å². The lowest BCUT2D eigenvalue weighted by atomic mass is 10.2.